The monoisotopic (exact) mass is 396 g/mol. The summed E-state index contributed by atoms with van der Waals surface area (Å²) in [6, 6.07) is 17.0. The Labute approximate surface area is 174 Å². The fourth-order valence-electron chi connectivity index (χ4n) is 3.06. The first-order valence-electron chi connectivity index (χ1n) is 10.2. The Bertz CT molecular complexity index is 792. The van der Waals surface area contributed by atoms with Gasteiger partial charge in [-0.3, -0.25) is 9.59 Å². The lowest BCUT2D eigenvalue weighted by atomic mass is 10.1. The number of carbonyl (C=O) groups excluding carboxylic acids is 2. The van der Waals surface area contributed by atoms with Gasteiger partial charge in [0.15, 0.2) is 0 Å². The average molecular weight is 397 g/mol. The van der Waals surface area contributed by atoms with E-state index in [1.807, 2.05) is 68.4 Å². The molecule has 2 amide bonds. The summed E-state index contributed by atoms with van der Waals surface area (Å²) in [6.07, 6.45) is 1.85. The maximum absolute atomic E-state index is 13.1. The zero-order valence-electron chi connectivity index (χ0n) is 17.9. The van der Waals surface area contributed by atoms with Gasteiger partial charge in [-0.2, -0.15) is 0 Å². The Morgan fingerprint density at radius 2 is 1.72 bits per heavy atom. The molecule has 0 aromatic heterocycles. The van der Waals surface area contributed by atoms with Crippen molar-refractivity contribution >= 4 is 11.8 Å². The van der Waals surface area contributed by atoms with Gasteiger partial charge in [-0.25, -0.2) is 0 Å². The number of benzene rings is 2. The summed E-state index contributed by atoms with van der Waals surface area (Å²) < 4.78 is 5.29. The maximum Gasteiger partial charge on any atom is 0.242 e. The highest BCUT2D eigenvalue weighted by atomic mass is 16.5. The topological polar surface area (TPSA) is 58.6 Å². The van der Waals surface area contributed by atoms with Gasteiger partial charge in [0.2, 0.25) is 11.8 Å². The molecule has 2 aromatic rings. The summed E-state index contributed by atoms with van der Waals surface area (Å²) in [6.45, 7) is 6.14. The quantitative estimate of drug-likeness (QED) is 0.661. The third-order valence-electron chi connectivity index (χ3n) is 5.13. The molecule has 5 nitrogen and oxygen atoms in total. The van der Waals surface area contributed by atoms with Crippen molar-refractivity contribution in [1.29, 1.82) is 0 Å². The fraction of sp³-hybridized carbons (Fsp3) is 0.417. The number of hydrogen-bond acceptors (Lipinski definition) is 3. The summed E-state index contributed by atoms with van der Waals surface area (Å²) in [5, 5.41) is 2.99. The van der Waals surface area contributed by atoms with Crippen LogP contribution in [0, 0.1) is 0 Å². The van der Waals surface area contributed by atoms with Crippen LogP contribution >= 0.6 is 0 Å². The maximum atomic E-state index is 13.1. The van der Waals surface area contributed by atoms with E-state index in [2.05, 4.69) is 5.32 Å². The van der Waals surface area contributed by atoms with Crippen molar-refractivity contribution in [2.24, 2.45) is 0 Å². The molecule has 0 saturated heterocycles. The van der Waals surface area contributed by atoms with Crippen molar-refractivity contribution in [3.05, 3.63) is 65.7 Å². The van der Waals surface area contributed by atoms with E-state index in [1.54, 1.807) is 18.9 Å². The molecule has 0 fully saturated rings. The Balaban J connectivity index is 2.16. The highest BCUT2D eigenvalue weighted by Crippen LogP contribution is 2.17. The molecular weight excluding hydrogens is 364 g/mol. The zero-order chi connectivity index (χ0) is 21.2. The number of nitrogens with zero attached hydrogens (tertiary/aromatic N) is 1. The molecule has 0 aliphatic heterocycles. The number of amides is 2. The van der Waals surface area contributed by atoms with Crippen LogP contribution < -0.4 is 10.1 Å². The first-order valence-corrected chi connectivity index (χ1v) is 10.2. The second-order valence-corrected chi connectivity index (χ2v) is 7.35. The van der Waals surface area contributed by atoms with Crippen molar-refractivity contribution < 1.29 is 14.3 Å². The van der Waals surface area contributed by atoms with E-state index >= 15 is 0 Å². The van der Waals surface area contributed by atoms with Crippen LogP contribution in [0.5, 0.6) is 5.75 Å². The van der Waals surface area contributed by atoms with Gasteiger partial charge in [0.25, 0.3) is 0 Å². The standard InChI is InChI=1S/C24H32N2O3/c1-5-18(2)25-24(28)19(3)26(17-21-12-9-13-22(16-21)29-4)23(27)15-14-20-10-7-6-8-11-20/h6-13,16,18-19H,5,14-15,17H2,1-4H3,(H,25,28)/t18-,19+/m1/s1. The highest BCUT2D eigenvalue weighted by Gasteiger charge is 2.26. The van der Waals surface area contributed by atoms with Crippen LogP contribution in [0.25, 0.3) is 0 Å². The summed E-state index contributed by atoms with van der Waals surface area (Å²) >= 11 is 0. The molecule has 2 aromatic carbocycles. The van der Waals surface area contributed by atoms with E-state index in [4.69, 9.17) is 4.74 Å². The van der Waals surface area contributed by atoms with Crippen LogP contribution in [0.1, 0.15) is 44.7 Å². The number of carbonyl (C=O) groups is 2. The molecule has 0 unspecified atom stereocenters. The van der Waals surface area contributed by atoms with Crippen molar-refractivity contribution in [1.82, 2.24) is 10.2 Å². The Kier molecular flexibility index (Phi) is 8.71. The number of rotatable bonds is 10. The van der Waals surface area contributed by atoms with Gasteiger partial charge in [-0.1, -0.05) is 49.4 Å². The van der Waals surface area contributed by atoms with Crippen LogP contribution in [0.3, 0.4) is 0 Å². The third-order valence-corrected chi connectivity index (χ3v) is 5.13. The molecule has 0 radical (unpaired) electrons. The third kappa shape index (κ3) is 6.93. The fourth-order valence-corrected chi connectivity index (χ4v) is 3.06. The molecule has 0 spiro atoms. The van der Waals surface area contributed by atoms with E-state index in [0.29, 0.717) is 19.4 Å². The van der Waals surface area contributed by atoms with Crippen LogP contribution in [-0.4, -0.2) is 35.9 Å². The van der Waals surface area contributed by atoms with Crippen LogP contribution in [-0.2, 0) is 22.6 Å². The van der Waals surface area contributed by atoms with E-state index < -0.39 is 6.04 Å². The number of nitrogens with one attached hydrogen (secondary N) is 1. The van der Waals surface area contributed by atoms with Crippen LogP contribution in [0.2, 0.25) is 0 Å². The minimum absolute atomic E-state index is 0.0384. The minimum Gasteiger partial charge on any atom is -0.497 e. The lowest BCUT2D eigenvalue weighted by Gasteiger charge is -2.30. The molecule has 156 valence electrons. The smallest absolute Gasteiger partial charge is 0.242 e. The van der Waals surface area contributed by atoms with E-state index in [9.17, 15) is 9.59 Å². The SMILES string of the molecule is CC[C@@H](C)NC(=O)[C@H](C)N(Cc1cccc(OC)c1)C(=O)CCc1ccccc1. The van der Waals surface area contributed by atoms with Gasteiger partial charge < -0.3 is 15.0 Å². The second kappa shape index (κ2) is 11.2. The van der Waals surface area contributed by atoms with Gasteiger partial charge in [0, 0.05) is 19.0 Å². The number of aryl methyl sites for hydroxylation is 1. The van der Waals surface area contributed by atoms with E-state index in [0.717, 1.165) is 23.3 Å². The zero-order valence-corrected chi connectivity index (χ0v) is 17.9. The van der Waals surface area contributed by atoms with Gasteiger partial charge in [0.05, 0.1) is 7.11 Å². The molecule has 29 heavy (non-hydrogen) atoms. The summed E-state index contributed by atoms with van der Waals surface area (Å²) in [5.74, 6) is 0.565. The van der Waals surface area contributed by atoms with E-state index in [-0.39, 0.29) is 17.9 Å². The molecule has 0 bridgehead atoms. The lowest BCUT2D eigenvalue weighted by Crippen LogP contribution is -2.49. The minimum atomic E-state index is -0.557. The summed E-state index contributed by atoms with van der Waals surface area (Å²) in [5.41, 5.74) is 2.04. The van der Waals surface area contributed by atoms with E-state index in [1.165, 1.54) is 0 Å². The van der Waals surface area contributed by atoms with Gasteiger partial charge >= 0.3 is 0 Å². The molecule has 0 aliphatic rings. The number of ether oxygens (including phenoxy) is 1. The molecule has 0 aliphatic carbocycles. The van der Waals surface area contributed by atoms with Crippen LogP contribution in [0.15, 0.2) is 54.6 Å². The normalized spacial score (nSPS) is 12.7. The van der Waals surface area contributed by atoms with Crippen molar-refractivity contribution in [3.8, 4) is 5.75 Å². The molecule has 1 N–H and O–H groups in total. The Hall–Kier alpha value is -2.82. The summed E-state index contributed by atoms with van der Waals surface area (Å²) in [7, 11) is 1.62. The lowest BCUT2D eigenvalue weighted by molar-refractivity contribution is -0.140. The first-order chi connectivity index (χ1) is 13.9. The molecular formula is C24H32N2O3. The predicted octanol–water partition coefficient (Wildman–Crippen LogP) is 3.96. The van der Waals surface area contributed by atoms with Gasteiger partial charge in [-0.05, 0) is 49.9 Å². The molecule has 2 atom stereocenters. The van der Waals surface area contributed by atoms with Crippen molar-refractivity contribution in [2.75, 3.05) is 7.11 Å². The second-order valence-electron chi connectivity index (χ2n) is 7.35. The molecule has 5 heteroatoms. The molecule has 0 heterocycles. The molecule has 0 saturated carbocycles. The van der Waals surface area contributed by atoms with Gasteiger partial charge in [-0.15, -0.1) is 0 Å². The molecule has 2 rings (SSSR count). The van der Waals surface area contributed by atoms with Gasteiger partial charge in [0.1, 0.15) is 11.8 Å². The van der Waals surface area contributed by atoms with Crippen LogP contribution in [0.4, 0.5) is 0 Å². The largest absolute Gasteiger partial charge is 0.497 e. The number of hydrogen-bond donors (Lipinski definition) is 1. The Morgan fingerprint density at radius 1 is 1.03 bits per heavy atom. The Morgan fingerprint density at radius 3 is 2.38 bits per heavy atom. The van der Waals surface area contributed by atoms with Crippen molar-refractivity contribution in [2.45, 2.75) is 58.7 Å². The highest BCUT2D eigenvalue weighted by molar-refractivity contribution is 5.87. The predicted molar refractivity (Wildman–Crippen MR) is 116 cm³/mol. The van der Waals surface area contributed by atoms with Crippen molar-refractivity contribution in [3.63, 3.8) is 0 Å². The summed E-state index contributed by atoms with van der Waals surface area (Å²) in [4.78, 5) is 27.5. The number of methoxy groups -OCH3 is 1. The first kappa shape index (κ1) is 22.5. The average Bonchev–Trinajstić information content (AvgIpc) is 2.76.